The molecule has 3 nitrogen and oxygen atoms in total. The Morgan fingerprint density at radius 2 is 2.32 bits per heavy atom. The number of hydrogen-bond acceptors (Lipinski definition) is 4. The average Bonchev–Trinajstić information content (AvgIpc) is 2.92. The van der Waals surface area contributed by atoms with Gasteiger partial charge >= 0.3 is 0 Å². The van der Waals surface area contributed by atoms with Crippen molar-refractivity contribution in [1.29, 1.82) is 0 Å². The number of ether oxygens (including phenoxy) is 1. The Bertz CT molecular complexity index is 516. The second-order valence-corrected chi connectivity index (χ2v) is 5.99. The maximum atomic E-state index is 5.32. The Balaban J connectivity index is 2.27. The summed E-state index contributed by atoms with van der Waals surface area (Å²) in [5.74, 6) is 0.880. The first kappa shape index (κ1) is 14.5. The van der Waals surface area contributed by atoms with Gasteiger partial charge in [-0.15, -0.1) is 11.3 Å². The van der Waals surface area contributed by atoms with Crippen molar-refractivity contribution in [3.63, 3.8) is 0 Å². The zero-order valence-electron chi connectivity index (χ0n) is 11.0. The number of likely N-dealkylation sites (N-methyl/N-ethyl adjacent to an activating group) is 1. The van der Waals surface area contributed by atoms with Crippen molar-refractivity contribution in [3.8, 4) is 5.75 Å². The molecule has 0 aliphatic carbocycles. The van der Waals surface area contributed by atoms with E-state index in [-0.39, 0.29) is 6.04 Å². The minimum atomic E-state index is 0.259. The van der Waals surface area contributed by atoms with Crippen LogP contribution in [0.5, 0.6) is 5.75 Å². The maximum Gasteiger partial charge on any atom is 0.119 e. The highest BCUT2D eigenvalue weighted by Gasteiger charge is 2.16. The summed E-state index contributed by atoms with van der Waals surface area (Å²) in [5, 5.41) is 3.52. The van der Waals surface area contributed by atoms with Crippen molar-refractivity contribution in [1.82, 2.24) is 10.3 Å². The molecule has 2 rings (SSSR count). The van der Waals surface area contributed by atoms with E-state index in [4.69, 9.17) is 4.74 Å². The van der Waals surface area contributed by atoms with Crippen molar-refractivity contribution >= 4 is 27.3 Å². The van der Waals surface area contributed by atoms with Crippen molar-refractivity contribution < 1.29 is 4.74 Å². The van der Waals surface area contributed by atoms with Crippen LogP contribution in [0, 0.1) is 0 Å². The van der Waals surface area contributed by atoms with Crippen LogP contribution in [0.2, 0.25) is 0 Å². The molecule has 19 heavy (non-hydrogen) atoms. The molecule has 1 unspecified atom stereocenters. The SMILES string of the molecule is CCNC(Cc1cncs1)c1cc(OC)ccc1Br. The standard InChI is InChI=1S/C14H17BrN2OS/c1-3-17-14(7-11-8-16-9-19-11)12-6-10(18-2)4-5-13(12)15/h4-6,8-9,14,17H,3,7H2,1-2H3. The number of methoxy groups -OCH3 is 1. The minimum Gasteiger partial charge on any atom is -0.497 e. The van der Waals surface area contributed by atoms with Crippen LogP contribution in [0.1, 0.15) is 23.4 Å². The van der Waals surface area contributed by atoms with Crippen molar-refractivity contribution in [3.05, 3.63) is 44.8 Å². The van der Waals surface area contributed by atoms with E-state index < -0.39 is 0 Å². The van der Waals surface area contributed by atoms with E-state index in [0.29, 0.717) is 0 Å². The van der Waals surface area contributed by atoms with Gasteiger partial charge in [0.25, 0.3) is 0 Å². The molecule has 5 heteroatoms. The van der Waals surface area contributed by atoms with E-state index in [2.05, 4.69) is 39.2 Å². The summed E-state index contributed by atoms with van der Waals surface area (Å²) >= 11 is 5.32. The van der Waals surface area contributed by atoms with Gasteiger partial charge in [0.1, 0.15) is 5.75 Å². The fraction of sp³-hybridized carbons (Fsp3) is 0.357. The van der Waals surface area contributed by atoms with Gasteiger partial charge in [0.2, 0.25) is 0 Å². The van der Waals surface area contributed by atoms with Gasteiger partial charge in [-0.2, -0.15) is 0 Å². The molecule has 0 saturated heterocycles. The van der Waals surface area contributed by atoms with E-state index in [1.807, 2.05) is 23.8 Å². The number of nitrogens with zero attached hydrogens (tertiary/aromatic N) is 1. The summed E-state index contributed by atoms with van der Waals surface area (Å²) in [6, 6.07) is 6.34. The fourth-order valence-corrected chi connectivity index (χ4v) is 3.16. The van der Waals surface area contributed by atoms with E-state index in [1.165, 1.54) is 10.4 Å². The predicted molar refractivity (Wildman–Crippen MR) is 82.9 cm³/mol. The summed E-state index contributed by atoms with van der Waals surface area (Å²) in [5.41, 5.74) is 3.09. The third-order valence-electron chi connectivity index (χ3n) is 2.92. The van der Waals surface area contributed by atoms with Gasteiger partial charge in [-0.05, 0) is 30.3 Å². The number of halogens is 1. The molecule has 1 N–H and O–H groups in total. The summed E-state index contributed by atoms with van der Waals surface area (Å²) in [6.45, 7) is 3.04. The van der Waals surface area contributed by atoms with Crippen LogP contribution >= 0.6 is 27.3 Å². The first-order valence-corrected chi connectivity index (χ1v) is 7.86. The molecule has 0 aliphatic rings. The van der Waals surface area contributed by atoms with Gasteiger partial charge in [0.05, 0.1) is 12.6 Å². The molecule has 0 fully saturated rings. The summed E-state index contributed by atoms with van der Waals surface area (Å²) in [7, 11) is 1.69. The molecule has 1 atom stereocenters. The molecule has 0 radical (unpaired) electrons. The lowest BCUT2D eigenvalue weighted by atomic mass is 10.0. The highest BCUT2D eigenvalue weighted by Crippen LogP contribution is 2.30. The topological polar surface area (TPSA) is 34.2 Å². The molecular formula is C14H17BrN2OS. The van der Waals surface area contributed by atoms with E-state index in [1.54, 1.807) is 18.4 Å². The minimum absolute atomic E-state index is 0.259. The largest absolute Gasteiger partial charge is 0.497 e. The van der Waals surface area contributed by atoms with Crippen LogP contribution in [-0.2, 0) is 6.42 Å². The number of hydrogen-bond donors (Lipinski definition) is 1. The van der Waals surface area contributed by atoms with Crippen LogP contribution in [-0.4, -0.2) is 18.6 Å². The number of aromatic nitrogens is 1. The third kappa shape index (κ3) is 3.78. The normalized spacial score (nSPS) is 12.4. The van der Waals surface area contributed by atoms with Crippen LogP contribution in [0.4, 0.5) is 0 Å². The van der Waals surface area contributed by atoms with Crippen LogP contribution < -0.4 is 10.1 Å². The molecular weight excluding hydrogens is 324 g/mol. The first-order valence-electron chi connectivity index (χ1n) is 6.18. The molecule has 1 aromatic carbocycles. The lowest BCUT2D eigenvalue weighted by Crippen LogP contribution is -2.23. The van der Waals surface area contributed by atoms with Gasteiger partial charge in [0, 0.05) is 28.0 Å². The molecule has 102 valence electrons. The predicted octanol–water partition coefficient (Wildman–Crippen LogP) is 3.81. The van der Waals surface area contributed by atoms with Gasteiger partial charge in [-0.1, -0.05) is 22.9 Å². The molecule has 0 spiro atoms. The number of rotatable bonds is 6. The lowest BCUT2D eigenvalue weighted by Gasteiger charge is -2.19. The highest BCUT2D eigenvalue weighted by atomic mass is 79.9. The molecule has 2 aromatic rings. The molecule has 1 aromatic heterocycles. The molecule has 0 saturated carbocycles. The quantitative estimate of drug-likeness (QED) is 0.868. The number of nitrogens with one attached hydrogen (secondary N) is 1. The highest BCUT2D eigenvalue weighted by molar-refractivity contribution is 9.10. The maximum absolute atomic E-state index is 5.32. The third-order valence-corrected chi connectivity index (χ3v) is 4.44. The van der Waals surface area contributed by atoms with Gasteiger partial charge in [0.15, 0.2) is 0 Å². The molecule has 0 amide bonds. The lowest BCUT2D eigenvalue weighted by molar-refractivity contribution is 0.412. The van der Waals surface area contributed by atoms with E-state index >= 15 is 0 Å². The number of benzene rings is 1. The first-order chi connectivity index (χ1) is 9.24. The van der Waals surface area contributed by atoms with Gasteiger partial charge in [-0.3, -0.25) is 4.98 Å². The Morgan fingerprint density at radius 3 is 2.95 bits per heavy atom. The second-order valence-electron chi connectivity index (χ2n) is 4.17. The van der Waals surface area contributed by atoms with Crippen molar-refractivity contribution in [2.75, 3.05) is 13.7 Å². The smallest absolute Gasteiger partial charge is 0.119 e. The molecule has 0 aliphatic heterocycles. The molecule has 1 heterocycles. The van der Waals surface area contributed by atoms with Gasteiger partial charge in [-0.25, -0.2) is 0 Å². The summed E-state index contributed by atoms with van der Waals surface area (Å²) < 4.78 is 6.42. The van der Waals surface area contributed by atoms with Gasteiger partial charge < -0.3 is 10.1 Å². The molecule has 0 bridgehead atoms. The Hall–Kier alpha value is -0.910. The van der Waals surface area contributed by atoms with Crippen molar-refractivity contribution in [2.24, 2.45) is 0 Å². The second kappa shape index (κ2) is 7.03. The zero-order chi connectivity index (χ0) is 13.7. The van der Waals surface area contributed by atoms with Crippen LogP contribution in [0.25, 0.3) is 0 Å². The summed E-state index contributed by atoms with van der Waals surface area (Å²) in [6.07, 6.45) is 2.87. The Labute approximate surface area is 126 Å². The van der Waals surface area contributed by atoms with E-state index in [0.717, 1.165) is 23.2 Å². The monoisotopic (exact) mass is 340 g/mol. The van der Waals surface area contributed by atoms with Crippen LogP contribution in [0.3, 0.4) is 0 Å². The zero-order valence-corrected chi connectivity index (χ0v) is 13.4. The Morgan fingerprint density at radius 1 is 1.47 bits per heavy atom. The number of thiazole rings is 1. The van der Waals surface area contributed by atoms with Crippen molar-refractivity contribution in [2.45, 2.75) is 19.4 Å². The summed E-state index contributed by atoms with van der Waals surface area (Å²) in [4.78, 5) is 5.42. The van der Waals surface area contributed by atoms with E-state index in [9.17, 15) is 0 Å². The average molecular weight is 341 g/mol. The van der Waals surface area contributed by atoms with Crippen LogP contribution in [0.15, 0.2) is 34.4 Å². The fourth-order valence-electron chi connectivity index (χ4n) is 2.00. The Kier molecular flexibility index (Phi) is 5.36.